The second kappa shape index (κ2) is 5.35. The molecule has 0 radical (unpaired) electrons. The molecule has 0 atom stereocenters. The van der Waals surface area contributed by atoms with E-state index in [9.17, 15) is 13.2 Å². The standard InChI is InChI=1S/C10H13NO5S2/c12-10(13)9-8(3-6-17-9)18(14,15)11-7-1-4-16-5-2-7/h3,6-7,11H,1-2,4-5H2,(H,12,13). The van der Waals surface area contributed by atoms with Crippen LogP contribution in [0.1, 0.15) is 22.5 Å². The van der Waals surface area contributed by atoms with Gasteiger partial charge in [-0.05, 0) is 24.3 Å². The minimum Gasteiger partial charge on any atom is -0.477 e. The maximum absolute atomic E-state index is 12.1. The second-order valence-electron chi connectivity index (χ2n) is 3.93. The Morgan fingerprint density at radius 3 is 2.72 bits per heavy atom. The number of carbonyl (C=O) groups is 1. The third-order valence-electron chi connectivity index (χ3n) is 2.66. The van der Waals surface area contributed by atoms with Crippen LogP contribution >= 0.6 is 11.3 Å². The highest BCUT2D eigenvalue weighted by atomic mass is 32.2. The predicted molar refractivity (Wildman–Crippen MR) is 65.4 cm³/mol. The maximum atomic E-state index is 12.1. The van der Waals surface area contributed by atoms with E-state index in [2.05, 4.69) is 4.72 Å². The number of hydrogen-bond donors (Lipinski definition) is 2. The van der Waals surface area contributed by atoms with Crippen molar-refractivity contribution in [1.29, 1.82) is 0 Å². The fraction of sp³-hybridized carbons (Fsp3) is 0.500. The van der Waals surface area contributed by atoms with Crippen molar-refractivity contribution in [2.24, 2.45) is 0 Å². The molecule has 2 N–H and O–H groups in total. The molecule has 0 aromatic carbocycles. The minimum absolute atomic E-state index is 0.158. The minimum atomic E-state index is -3.77. The molecule has 2 rings (SSSR count). The van der Waals surface area contributed by atoms with E-state index in [-0.39, 0.29) is 15.8 Å². The molecule has 100 valence electrons. The summed E-state index contributed by atoms with van der Waals surface area (Å²) in [5, 5.41) is 10.4. The van der Waals surface area contributed by atoms with Crippen LogP contribution in [0, 0.1) is 0 Å². The quantitative estimate of drug-likeness (QED) is 0.860. The van der Waals surface area contributed by atoms with Crippen molar-refractivity contribution in [3.63, 3.8) is 0 Å². The van der Waals surface area contributed by atoms with Crippen LogP contribution in [0.4, 0.5) is 0 Å². The molecule has 6 nitrogen and oxygen atoms in total. The van der Waals surface area contributed by atoms with Crippen LogP contribution < -0.4 is 4.72 Å². The van der Waals surface area contributed by atoms with Gasteiger partial charge < -0.3 is 9.84 Å². The van der Waals surface area contributed by atoms with Gasteiger partial charge in [0.2, 0.25) is 10.0 Å². The predicted octanol–water partition coefficient (Wildman–Crippen LogP) is 0.904. The summed E-state index contributed by atoms with van der Waals surface area (Å²) in [6.45, 7) is 1.03. The highest BCUT2D eigenvalue weighted by molar-refractivity contribution is 7.89. The molecule has 0 spiro atoms. The lowest BCUT2D eigenvalue weighted by molar-refractivity contribution is 0.0697. The Labute approximate surface area is 109 Å². The summed E-state index contributed by atoms with van der Waals surface area (Å²) in [4.78, 5) is 10.6. The molecule has 1 saturated heterocycles. The molecule has 2 heterocycles. The van der Waals surface area contributed by atoms with Crippen LogP contribution in [0.3, 0.4) is 0 Å². The van der Waals surface area contributed by atoms with E-state index in [1.807, 2.05) is 0 Å². The number of nitrogens with one attached hydrogen (secondary N) is 1. The summed E-state index contributed by atoms with van der Waals surface area (Å²) in [7, 11) is -3.77. The zero-order chi connectivity index (χ0) is 13.2. The topological polar surface area (TPSA) is 92.7 Å². The molecule has 0 amide bonds. The Morgan fingerprint density at radius 2 is 2.11 bits per heavy atom. The van der Waals surface area contributed by atoms with E-state index in [0.29, 0.717) is 26.1 Å². The Kier molecular flexibility index (Phi) is 4.00. The van der Waals surface area contributed by atoms with Gasteiger partial charge in [0.15, 0.2) is 0 Å². The second-order valence-corrected chi connectivity index (χ2v) is 6.53. The fourth-order valence-electron chi connectivity index (χ4n) is 1.76. The number of aromatic carboxylic acids is 1. The SMILES string of the molecule is O=C(O)c1sccc1S(=O)(=O)NC1CCOCC1. The number of thiophene rings is 1. The molecule has 8 heteroatoms. The molecule has 18 heavy (non-hydrogen) atoms. The average molecular weight is 291 g/mol. The number of rotatable bonds is 4. The zero-order valence-electron chi connectivity index (χ0n) is 9.46. The van der Waals surface area contributed by atoms with E-state index < -0.39 is 16.0 Å². The van der Waals surface area contributed by atoms with Crippen LogP contribution in [0.15, 0.2) is 16.3 Å². The summed E-state index contributed by atoms with van der Waals surface area (Å²) < 4.78 is 31.8. The van der Waals surface area contributed by atoms with Crippen LogP contribution in [0.2, 0.25) is 0 Å². The molecular weight excluding hydrogens is 278 g/mol. The lowest BCUT2D eigenvalue weighted by Crippen LogP contribution is -2.39. The van der Waals surface area contributed by atoms with Crippen LogP contribution in [-0.2, 0) is 14.8 Å². The molecular formula is C10H13NO5S2. The summed E-state index contributed by atoms with van der Waals surface area (Å²) in [5.41, 5.74) is 0. The Balaban J connectivity index is 2.19. The molecule has 1 aromatic rings. The first kappa shape index (κ1) is 13.5. The lowest BCUT2D eigenvalue weighted by Gasteiger charge is -2.22. The van der Waals surface area contributed by atoms with E-state index in [1.54, 1.807) is 0 Å². The molecule has 0 bridgehead atoms. The van der Waals surface area contributed by atoms with Gasteiger partial charge in [0, 0.05) is 19.3 Å². The van der Waals surface area contributed by atoms with Crippen molar-refractivity contribution < 1.29 is 23.1 Å². The van der Waals surface area contributed by atoms with Crippen molar-refractivity contribution in [3.8, 4) is 0 Å². The van der Waals surface area contributed by atoms with E-state index in [1.165, 1.54) is 11.4 Å². The van der Waals surface area contributed by atoms with Crippen molar-refractivity contribution in [2.45, 2.75) is 23.8 Å². The van der Waals surface area contributed by atoms with Gasteiger partial charge in [-0.25, -0.2) is 17.9 Å². The third kappa shape index (κ3) is 2.89. The van der Waals surface area contributed by atoms with E-state index in [4.69, 9.17) is 9.84 Å². The summed E-state index contributed by atoms with van der Waals surface area (Å²) in [6.07, 6.45) is 1.21. The monoisotopic (exact) mass is 291 g/mol. The van der Waals surface area contributed by atoms with Gasteiger partial charge >= 0.3 is 5.97 Å². The first-order chi connectivity index (χ1) is 8.50. The molecule has 1 aliphatic rings. The van der Waals surface area contributed by atoms with Crippen molar-refractivity contribution in [2.75, 3.05) is 13.2 Å². The van der Waals surface area contributed by atoms with Crippen molar-refractivity contribution in [3.05, 3.63) is 16.3 Å². The zero-order valence-corrected chi connectivity index (χ0v) is 11.1. The molecule has 0 aliphatic carbocycles. The maximum Gasteiger partial charge on any atom is 0.347 e. The molecule has 1 aliphatic heterocycles. The van der Waals surface area contributed by atoms with E-state index in [0.717, 1.165) is 11.3 Å². The van der Waals surface area contributed by atoms with Gasteiger partial charge in [-0.2, -0.15) is 0 Å². The van der Waals surface area contributed by atoms with Gasteiger partial charge in [-0.15, -0.1) is 11.3 Å². The molecule has 0 unspecified atom stereocenters. The van der Waals surface area contributed by atoms with Crippen LogP contribution in [0.5, 0.6) is 0 Å². The Hall–Kier alpha value is -0.960. The van der Waals surface area contributed by atoms with Gasteiger partial charge in [-0.3, -0.25) is 0 Å². The third-order valence-corrected chi connectivity index (χ3v) is 5.25. The summed E-state index contributed by atoms with van der Waals surface area (Å²) >= 11 is 0.903. The normalized spacial score (nSPS) is 17.8. The highest BCUT2D eigenvalue weighted by Crippen LogP contribution is 2.22. The first-order valence-electron chi connectivity index (χ1n) is 5.41. The average Bonchev–Trinajstić information content (AvgIpc) is 2.79. The van der Waals surface area contributed by atoms with Gasteiger partial charge in [-0.1, -0.05) is 0 Å². The number of sulfonamides is 1. The van der Waals surface area contributed by atoms with Crippen molar-refractivity contribution >= 4 is 27.3 Å². The molecule has 1 aromatic heterocycles. The summed E-state index contributed by atoms with van der Waals surface area (Å²) in [5.74, 6) is -1.22. The van der Waals surface area contributed by atoms with Crippen molar-refractivity contribution in [1.82, 2.24) is 4.72 Å². The van der Waals surface area contributed by atoms with E-state index >= 15 is 0 Å². The first-order valence-corrected chi connectivity index (χ1v) is 7.78. The van der Waals surface area contributed by atoms with Crippen LogP contribution in [0.25, 0.3) is 0 Å². The highest BCUT2D eigenvalue weighted by Gasteiger charge is 2.27. The number of hydrogen-bond acceptors (Lipinski definition) is 5. The van der Waals surface area contributed by atoms with Gasteiger partial charge in [0.25, 0.3) is 0 Å². The van der Waals surface area contributed by atoms with Gasteiger partial charge in [0.1, 0.15) is 9.77 Å². The number of ether oxygens (including phenoxy) is 1. The Bertz CT molecular complexity index is 530. The molecule has 1 fully saturated rings. The summed E-state index contributed by atoms with van der Waals surface area (Å²) in [6, 6.07) is 1.13. The number of carboxylic acid groups (broad SMARTS) is 1. The smallest absolute Gasteiger partial charge is 0.347 e. The number of carboxylic acids is 1. The van der Waals surface area contributed by atoms with Gasteiger partial charge in [0.05, 0.1) is 0 Å². The largest absolute Gasteiger partial charge is 0.477 e. The lowest BCUT2D eigenvalue weighted by atomic mass is 10.1. The fourth-order valence-corrected chi connectivity index (χ4v) is 4.33. The Morgan fingerprint density at radius 1 is 1.44 bits per heavy atom. The van der Waals surface area contributed by atoms with Crippen LogP contribution in [-0.4, -0.2) is 38.7 Å². The molecule has 0 saturated carbocycles.